The molecule has 0 radical (unpaired) electrons. The third kappa shape index (κ3) is 3.61. The molecule has 2 aliphatic rings. The molecule has 0 bridgehead atoms. The number of carbonyl (C=O) groups is 1. The summed E-state index contributed by atoms with van der Waals surface area (Å²) in [5, 5.41) is 20.4. The van der Waals surface area contributed by atoms with Crippen molar-refractivity contribution in [3.63, 3.8) is 0 Å². The zero-order valence-corrected chi connectivity index (χ0v) is 12.6. The Hall–Kier alpha value is -1.43. The minimum atomic E-state index is -0.250. The molecule has 1 aromatic rings. The Morgan fingerprint density at radius 3 is 2.81 bits per heavy atom. The second-order valence-electron chi connectivity index (χ2n) is 5.96. The van der Waals surface area contributed by atoms with Gasteiger partial charge in [0.05, 0.1) is 0 Å². The first kappa shape index (κ1) is 15.9. The summed E-state index contributed by atoms with van der Waals surface area (Å²) in [6.07, 6.45) is 7.63. The van der Waals surface area contributed by atoms with Crippen LogP contribution in [0.4, 0.5) is 0 Å². The van der Waals surface area contributed by atoms with E-state index in [1.165, 1.54) is 37.9 Å². The highest BCUT2D eigenvalue weighted by molar-refractivity contribution is 5.32. The number of hydrogen-bond acceptors (Lipinski definition) is 4. The van der Waals surface area contributed by atoms with Crippen LogP contribution in [-0.2, 0) is 11.3 Å². The van der Waals surface area contributed by atoms with Crippen molar-refractivity contribution in [1.82, 2.24) is 14.8 Å². The molecule has 0 aromatic carbocycles. The van der Waals surface area contributed by atoms with Crippen molar-refractivity contribution in [3.05, 3.63) is 11.6 Å². The Labute approximate surface area is 125 Å². The number of aromatic nitrogens is 3. The van der Waals surface area contributed by atoms with E-state index < -0.39 is 0 Å². The molecule has 0 aliphatic heterocycles. The van der Waals surface area contributed by atoms with E-state index in [1.807, 2.05) is 6.92 Å². The molecule has 0 amide bonds. The number of fused-ring (bicyclic) bond motifs is 1. The second-order valence-corrected chi connectivity index (χ2v) is 5.96. The molecule has 2 saturated carbocycles. The van der Waals surface area contributed by atoms with Crippen LogP contribution in [0.1, 0.15) is 56.1 Å². The fraction of sp³-hybridized carbons (Fsp3) is 0.800. The van der Waals surface area contributed by atoms with Crippen molar-refractivity contribution in [1.29, 1.82) is 0 Å². The molecule has 0 unspecified atom stereocenters. The highest BCUT2D eigenvalue weighted by Crippen LogP contribution is 2.51. The van der Waals surface area contributed by atoms with Gasteiger partial charge in [-0.05, 0) is 44.4 Å². The first-order valence-corrected chi connectivity index (χ1v) is 7.81. The van der Waals surface area contributed by atoms with Gasteiger partial charge < -0.3 is 10.2 Å². The molecule has 1 aromatic heterocycles. The van der Waals surface area contributed by atoms with Gasteiger partial charge in [-0.2, -0.15) is 5.10 Å². The van der Waals surface area contributed by atoms with Crippen molar-refractivity contribution < 1.29 is 15.0 Å². The van der Waals surface area contributed by atoms with Gasteiger partial charge in [-0.15, -0.1) is 0 Å². The standard InChI is InChI=1S/C14H23N3O.CH2O2/c1-10-15-14(17(16-10)8-3-9-18)13-7-6-11-4-2-5-12(11)13;2-1-3/h11-13,18H,2-9H2,1H3;1H,(H,2,3)/t11-,12-,13-;/m0./s1. The maximum atomic E-state index is 8.98. The van der Waals surface area contributed by atoms with E-state index in [9.17, 15) is 0 Å². The van der Waals surface area contributed by atoms with E-state index in [0.717, 1.165) is 30.6 Å². The Balaban J connectivity index is 0.000000497. The number of aryl methyl sites for hydroxylation is 2. The van der Waals surface area contributed by atoms with Crippen molar-refractivity contribution >= 4 is 6.47 Å². The van der Waals surface area contributed by atoms with E-state index in [2.05, 4.69) is 14.8 Å². The highest BCUT2D eigenvalue weighted by atomic mass is 16.3. The summed E-state index contributed by atoms with van der Waals surface area (Å²) in [5.74, 6) is 4.48. The maximum absolute atomic E-state index is 8.98. The Bertz CT molecular complexity index is 461. The summed E-state index contributed by atoms with van der Waals surface area (Å²) in [6.45, 7) is 2.76. The first-order chi connectivity index (χ1) is 10.2. The summed E-state index contributed by atoms with van der Waals surface area (Å²) >= 11 is 0. The van der Waals surface area contributed by atoms with Gasteiger partial charge in [-0.1, -0.05) is 12.8 Å². The van der Waals surface area contributed by atoms with Gasteiger partial charge in [0.15, 0.2) is 0 Å². The SMILES string of the molecule is Cc1nc([C@H]2CC[C@@H]3CCC[C@@H]32)n(CCCO)n1.O=CO. The van der Waals surface area contributed by atoms with Crippen LogP contribution in [0.5, 0.6) is 0 Å². The molecule has 6 heteroatoms. The van der Waals surface area contributed by atoms with E-state index in [-0.39, 0.29) is 13.1 Å². The van der Waals surface area contributed by atoms with Crippen molar-refractivity contribution in [2.45, 2.75) is 57.9 Å². The van der Waals surface area contributed by atoms with E-state index in [0.29, 0.717) is 5.92 Å². The monoisotopic (exact) mass is 295 g/mol. The number of rotatable bonds is 4. The number of aliphatic hydroxyl groups is 1. The van der Waals surface area contributed by atoms with Crippen LogP contribution in [0.15, 0.2) is 0 Å². The number of aliphatic hydroxyl groups excluding tert-OH is 1. The average Bonchev–Trinajstić information content (AvgIpc) is 3.12. The van der Waals surface area contributed by atoms with Crippen LogP contribution in [0.3, 0.4) is 0 Å². The second kappa shape index (κ2) is 7.54. The molecular formula is C15H25N3O3. The van der Waals surface area contributed by atoms with Crippen molar-refractivity contribution in [2.75, 3.05) is 6.61 Å². The number of nitrogens with zero attached hydrogens (tertiary/aromatic N) is 3. The Morgan fingerprint density at radius 2 is 2.10 bits per heavy atom. The minimum absolute atomic E-state index is 0.231. The number of carboxylic acid groups (broad SMARTS) is 1. The van der Waals surface area contributed by atoms with Gasteiger partial charge in [0, 0.05) is 19.1 Å². The average molecular weight is 295 g/mol. The smallest absolute Gasteiger partial charge is 0.290 e. The number of hydrogen-bond donors (Lipinski definition) is 2. The minimum Gasteiger partial charge on any atom is -0.483 e. The summed E-state index contributed by atoms with van der Waals surface area (Å²) in [4.78, 5) is 13.0. The quantitative estimate of drug-likeness (QED) is 0.829. The molecule has 3 atom stereocenters. The lowest BCUT2D eigenvalue weighted by molar-refractivity contribution is -0.122. The Kier molecular flexibility index (Phi) is 5.73. The summed E-state index contributed by atoms with van der Waals surface area (Å²) in [6, 6.07) is 0. The van der Waals surface area contributed by atoms with Gasteiger partial charge in [0.1, 0.15) is 11.6 Å². The molecule has 2 aliphatic carbocycles. The Morgan fingerprint density at radius 1 is 1.33 bits per heavy atom. The summed E-state index contributed by atoms with van der Waals surface area (Å²) < 4.78 is 2.05. The lowest BCUT2D eigenvalue weighted by atomic mass is 9.91. The van der Waals surface area contributed by atoms with Crippen LogP contribution in [0.2, 0.25) is 0 Å². The summed E-state index contributed by atoms with van der Waals surface area (Å²) in [7, 11) is 0. The molecule has 3 rings (SSSR count). The molecule has 21 heavy (non-hydrogen) atoms. The van der Waals surface area contributed by atoms with Crippen molar-refractivity contribution in [2.24, 2.45) is 11.8 Å². The predicted molar refractivity (Wildman–Crippen MR) is 78.0 cm³/mol. The van der Waals surface area contributed by atoms with Gasteiger partial charge >= 0.3 is 0 Å². The van der Waals surface area contributed by atoms with Crippen LogP contribution in [-0.4, -0.2) is 38.1 Å². The van der Waals surface area contributed by atoms with Crippen LogP contribution in [0, 0.1) is 18.8 Å². The predicted octanol–water partition coefficient (Wildman–Crippen LogP) is 1.96. The van der Waals surface area contributed by atoms with Gasteiger partial charge in [0.25, 0.3) is 6.47 Å². The zero-order chi connectivity index (χ0) is 15.2. The van der Waals surface area contributed by atoms with Crippen LogP contribution < -0.4 is 0 Å². The fourth-order valence-corrected chi connectivity index (χ4v) is 4.01. The third-order valence-corrected chi connectivity index (χ3v) is 4.75. The van der Waals surface area contributed by atoms with E-state index in [1.54, 1.807) is 0 Å². The van der Waals surface area contributed by atoms with Gasteiger partial charge in [0.2, 0.25) is 0 Å². The normalized spacial score (nSPS) is 27.0. The van der Waals surface area contributed by atoms with E-state index in [4.69, 9.17) is 15.0 Å². The first-order valence-electron chi connectivity index (χ1n) is 7.81. The zero-order valence-electron chi connectivity index (χ0n) is 12.6. The topological polar surface area (TPSA) is 88.2 Å². The molecule has 0 saturated heterocycles. The molecule has 2 fully saturated rings. The van der Waals surface area contributed by atoms with Gasteiger partial charge in [-0.25, -0.2) is 9.67 Å². The fourth-order valence-electron chi connectivity index (χ4n) is 4.01. The third-order valence-electron chi connectivity index (χ3n) is 4.75. The van der Waals surface area contributed by atoms with E-state index >= 15 is 0 Å². The van der Waals surface area contributed by atoms with Crippen LogP contribution >= 0.6 is 0 Å². The van der Waals surface area contributed by atoms with Crippen molar-refractivity contribution in [3.8, 4) is 0 Å². The van der Waals surface area contributed by atoms with Gasteiger partial charge in [-0.3, -0.25) is 4.79 Å². The maximum Gasteiger partial charge on any atom is 0.290 e. The lowest BCUT2D eigenvalue weighted by Gasteiger charge is -2.18. The summed E-state index contributed by atoms with van der Waals surface area (Å²) in [5.41, 5.74) is 0. The molecular weight excluding hydrogens is 270 g/mol. The molecule has 6 nitrogen and oxygen atoms in total. The lowest BCUT2D eigenvalue weighted by Crippen LogP contribution is -2.15. The molecule has 118 valence electrons. The largest absolute Gasteiger partial charge is 0.483 e. The molecule has 1 heterocycles. The van der Waals surface area contributed by atoms with Crippen LogP contribution in [0.25, 0.3) is 0 Å². The molecule has 0 spiro atoms. The molecule has 2 N–H and O–H groups in total. The highest BCUT2D eigenvalue weighted by Gasteiger charge is 2.41.